The molecular weight excluding hydrogens is 242 g/mol. The van der Waals surface area contributed by atoms with E-state index in [0.717, 1.165) is 18.2 Å². The Morgan fingerprint density at radius 3 is 2.89 bits per heavy atom. The van der Waals surface area contributed by atoms with Crippen molar-refractivity contribution in [2.75, 3.05) is 11.9 Å². The van der Waals surface area contributed by atoms with Crippen LogP contribution in [-0.4, -0.2) is 11.5 Å². The van der Waals surface area contributed by atoms with Crippen molar-refractivity contribution in [3.8, 4) is 6.07 Å². The molecule has 1 aromatic rings. The van der Waals surface area contributed by atoms with Gasteiger partial charge in [0.15, 0.2) is 0 Å². The molecule has 2 atom stereocenters. The normalized spacial score (nSPS) is 21.9. The molecule has 0 bridgehead atoms. The largest absolute Gasteiger partial charge is 0.385 e. The minimum atomic E-state index is -0.527. The smallest absolute Gasteiger partial charge is 0.287 e. The molecular formula is C14H17N3O2. The molecule has 1 aromatic carbocycles. The third-order valence-electron chi connectivity index (χ3n) is 3.71. The van der Waals surface area contributed by atoms with Crippen LogP contribution in [0.3, 0.4) is 0 Å². The number of hydrogen-bond acceptors (Lipinski definition) is 4. The quantitative estimate of drug-likeness (QED) is 0.664. The molecule has 5 nitrogen and oxygen atoms in total. The van der Waals surface area contributed by atoms with E-state index in [1.165, 1.54) is 25.3 Å². The summed E-state index contributed by atoms with van der Waals surface area (Å²) in [6, 6.07) is 6.47. The highest BCUT2D eigenvalue weighted by molar-refractivity contribution is 5.58. The molecule has 19 heavy (non-hydrogen) atoms. The Morgan fingerprint density at radius 2 is 2.32 bits per heavy atom. The zero-order valence-corrected chi connectivity index (χ0v) is 10.9. The molecule has 0 radical (unpaired) electrons. The summed E-state index contributed by atoms with van der Waals surface area (Å²) in [7, 11) is 0. The molecule has 1 fully saturated rings. The first kappa shape index (κ1) is 13.3. The van der Waals surface area contributed by atoms with E-state index in [2.05, 4.69) is 12.2 Å². The summed E-state index contributed by atoms with van der Waals surface area (Å²) >= 11 is 0. The van der Waals surface area contributed by atoms with Crippen molar-refractivity contribution in [3.63, 3.8) is 0 Å². The van der Waals surface area contributed by atoms with Crippen LogP contribution in [0.5, 0.6) is 0 Å². The lowest BCUT2D eigenvalue weighted by Gasteiger charge is -2.12. The Morgan fingerprint density at radius 1 is 1.53 bits per heavy atom. The molecule has 5 heteroatoms. The first-order valence-electron chi connectivity index (χ1n) is 6.52. The maximum absolute atomic E-state index is 10.7. The van der Waals surface area contributed by atoms with E-state index < -0.39 is 4.92 Å². The minimum Gasteiger partial charge on any atom is -0.385 e. The first-order chi connectivity index (χ1) is 9.10. The first-order valence-corrected chi connectivity index (χ1v) is 6.52. The summed E-state index contributed by atoms with van der Waals surface area (Å²) in [6.07, 6.45) is 3.73. The lowest BCUT2D eigenvalue weighted by Crippen LogP contribution is -2.11. The third kappa shape index (κ3) is 3.22. The molecule has 0 aliphatic heterocycles. The predicted octanol–water partition coefficient (Wildman–Crippen LogP) is 3.31. The van der Waals surface area contributed by atoms with E-state index in [-0.39, 0.29) is 11.3 Å². The molecule has 2 unspecified atom stereocenters. The number of anilines is 1. The van der Waals surface area contributed by atoms with Gasteiger partial charge in [0.25, 0.3) is 5.69 Å². The number of rotatable bonds is 4. The van der Waals surface area contributed by atoms with Crippen molar-refractivity contribution >= 4 is 11.4 Å². The van der Waals surface area contributed by atoms with Crippen molar-refractivity contribution in [1.82, 2.24) is 0 Å². The Bertz CT molecular complexity index is 522. The van der Waals surface area contributed by atoms with Gasteiger partial charge in [0, 0.05) is 18.3 Å². The second kappa shape index (κ2) is 5.70. The zero-order chi connectivity index (χ0) is 13.8. The van der Waals surface area contributed by atoms with Crippen LogP contribution in [0.15, 0.2) is 18.2 Å². The summed E-state index contributed by atoms with van der Waals surface area (Å²) in [5.41, 5.74) is 0.749. The standard InChI is InChI=1S/C14H17N3O2/c1-10-2-3-11(6-10)9-16-13-4-5-14(17(18)19)12(7-13)8-15/h4-5,7,10-11,16H,2-3,6,9H2,1H3. The molecule has 0 saturated heterocycles. The van der Waals surface area contributed by atoms with Crippen LogP contribution in [0.4, 0.5) is 11.4 Å². The number of nitro benzene ring substituents is 1. The van der Waals surface area contributed by atoms with E-state index in [4.69, 9.17) is 5.26 Å². The lowest BCUT2D eigenvalue weighted by molar-refractivity contribution is -0.385. The fraction of sp³-hybridized carbons (Fsp3) is 0.500. The highest BCUT2D eigenvalue weighted by atomic mass is 16.6. The highest BCUT2D eigenvalue weighted by Crippen LogP contribution is 2.30. The molecule has 0 amide bonds. The molecule has 0 aromatic heterocycles. The van der Waals surface area contributed by atoms with E-state index >= 15 is 0 Å². The number of hydrogen-bond donors (Lipinski definition) is 1. The van der Waals surface area contributed by atoms with Crippen molar-refractivity contribution in [2.45, 2.75) is 26.2 Å². The fourth-order valence-corrected chi connectivity index (χ4v) is 2.67. The average Bonchev–Trinajstić information content (AvgIpc) is 2.81. The van der Waals surface area contributed by atoms with Gasteiger partial charge in [0.1, 0.15) is 11.6 Å². The van der Waals surface area contributed by atoms with Crippen LogP contribution in [0, 0.1) is 33.3 Å². The highest BCUT2D eigenvalue weighted by Gasteiger charge is 2.21. The summed E-state index contributed by atoms with van der Waals surface area (Å²) < 4.78 is 0. The van der Waals surface area contributed by atoms with Gasteiger partial charge in [-0.3, -0.25) is 10.1 Å². The van der Waals surface area contributed by atoms with Crippen LogP contribution >= 0.6 is 0 Å². The fourth-order valence-electron chi connectivity index (χ4n) is 2.67. The Balaban J connectivity index is 2.02. The number of benzene rings is 1. The average molecular weight is 259 g/mol. The van der Waals surface area contributed by atoms with Crippen molar-refractivity contribution in [3.05, 3.63) is 33.9 Å². The molecule has 1 aliphatic carbocycles. The van der Waals surface area contributed by atoms with Gasteiger partial charge in [-0.15, -0.1) is 0 Å². The van der Waals surface area contributed by atoms with Crippen molar-refractivity contribution < 1.29 is 4.92 Å². The molecule has 2 rings (SSSR count). The van der Waals surface area contributed by atoms with Gasteiger partial charge in [0.2, 0.25) is 0 Å². The summed E-state index contributed by atoms with van der Waals surface area (Å²) in [5, 5.41) is 22.9. The number of nitrogens with zero attached hydrogens (tertiary/aromatic N) is 2. The summed E-state index contributed by atoms with van der Waals surface area (Å²) in [4.78, 5) is 10.2. The van der Waals surface area contributed by atoms with Crippen LogP contribution in [0.2, 0.25) is 0 Å². The minimum absolute atomic E-state index is 0.106. The van der Waals surface area contributed by atoms with Gasteiger partial charge in [-0.1, -0.05) is 13.3 Å². The molecule has 1 N–H and O–H groups in total. The Labute approximate surface area is 112 Å². The summed E-state index contributed by atoms with van der Waals surface area (Å²) in [6.45, 7) is 3.13. The topological polar surface area (TPSA) is 79.0 Å². The SMILES string of the molecule is CC1CCC(CNc2ccc([N+](=O)[O-])c(C#N)c2)C1. The van der Waals surface area contributed by atoms with Crippen LogP contribution < -0.4 is 5.32 Å². The van der Waals surface area contributed by atoms with Crippen LogP contribution in [0.1, 0.15) is 31.7 Å². The predicted molar refractivity (Wildman–Crippen MR) is 72.8 cm³/mol. The molecule has 1 aliphatic rings. The molecule has 0 heterocycles. The Kier molecular flexibility index (Phi) is 4.00. The van der Waals surface area contributed by atoms with Gasteiger partial charge in [-0.25, -0.2) is 0 Å². The van der Waals surface area contributed by atoms with Crippen molar-refractivity contribution in [2.24, 2.45) is 11.8 Å². The van der Waals surface area contributed by atoms with E-state index in [1.807, 2.05) is 6.07 Å². The maximum Gasteiger partial charge on any atom is 0.287 e. The molecule has 1 saturated carbocycles. The van der Waals surface area contributed by atoms with Crippen molar-refractivity contribution in [1.29, 1.82) is 5.26 Å². The van der Waals surface area contributed by atoms with Crippen LogP contribution in [0.25, 0.3) is 0 Å². The van der Waals surface area contributed by atoms with Gasteiger partial charge < -0.3 is 5.32 Å². The third-order valence-corrected chi connectivity index (χ3v) is 3.71. The lowest BCUT2D eigenvalue weighted by atomic mass is 10.1. The number of nitriles is 1. The number of nitro groups is 1. The van der Waals surface area contributed by atoms with Gasteiger partial charge in [-0.05, 0) is 36.8 Å². The number of nitrogens with one attached hydrogen (secondary N) is 1. The van der Waals surface area contributed by atoms with Gasteiger partial charge >= 0.3 is 0 Å². The van der Waals surface area contributed by atoms with Gasteiger partial charge in [0.05, 0.1) is 4.92 Å². The van der Waals surface area contributed by atoms with Crippen LogP contribution in [-0.2, 0) is 0 Å². The van der Waals surface area contributed by atoms with Gasteiger partial charge in [-0.2, -0.15) is 5.26 Å². The van der Waals surface area contributed by atoms with E-state index in [1.54, 1.807) is 12.1 Å². The second-order valence-electron chi connectivity index (χ2n) is 5.27. The Hall–Kier alpha value is -2.09. The summed E-state index contributed by atoms with van der Waals surface area (Å²) in [5.74, 6) is 1.45. The zero-order valence-electron chi connectivity index (χ0n) is 10.9. The van der Waals surface area contributed by atoms with E-state index in [9.17, 15) is 10.1 Å². The maximum atomic E-state index is 10.7. The monoisotopic (exact) mass is 259 g/mol. The second-order valence-corrected chi connectivity index (χ2v) is 5.27. The van der Waals surface area contributed by atoms with E-state index in [0.29, 0.717) is 5.92 Å². The molecule has 100 valence electrons. The molecule has 0 spiro atoms.